The number of nitrogens with zero attached hydrogens (tertiary/aromatic N) is 1. The van der Waals surface area contributed by atoms with Gasteiger partial charge in [0, 0.05) is 39.1 Å². The lowest BCUT2D eigenvalue weighted by Crippen LogP contribution is -2.46. The highest BCUT2D eigenvalue weighted by atomic mass is 35.5. The van der Waals surface area contributed by atoms with Crippen LogP contribution in [-0.2, 0) is 10.0 Å². The summed E-state index contributed by atoms with van der Waals surface area (Å²) in [6, 6.07) is 8.38. The number of carbonyl (C=O) groups is 1. The highest BCUT2D eigenvalue weighted by Gasteiger charge is 2.30. The van der Waals surface area contributed by atoms with Crippen LogP contribution in [0.25, 0.3) is 10.1 Å². The van der Waals surface area contributed by atoms with Gasteiger partial charge in [-0.1, -0.05) is 11.6 Å². The molecule has 0 unspecified atom stereocenters. The van der Waals surface area contributed by atoms with Crippen molar-refractivity contribution in [3.8, 4) is 0 Å². The third kappa shape index (κ3) is 3.69. The number of fused-ring (bicyclic) bond motifs is 1. The number of likely N-dealkylation sites (tertiary alicyclic amines) is 1. The molecule has 1 aromatic carbocycles. The number of halogens is 1. The van der Waals surface area contributed by atoms with Gasteiger partial charge in [-0.05, 0) is 50.1 Å². The molecule has 1 aliphatic rings. The Bertz CT molecular complexity index is 1110. The number of aryl methyl sites for hydroxylation is 1. The van der Waals surface area contributed by atoms with Crippen LogP contribution in [0.4, 0.5) is 0 Å². The molecule has 148 valence electrons. The zero-order valence-corrected chi connectivity index (χ0v) is 17.5. The smallest absolute Gasteiger partial charge is 0.289 e. The second kappa shape index (κ2) is 7.51. The number of rotatable bonds is 4. The molecule has 1 amide bonds. The Hall–Kier alpha value is -1.87. The molecule has 1 aliphatic heterocycles. The summed E-state index contributed by atoms with van der Waals surface area (Å²) in [5, 5.41) is 1.15. The number of thiophene rings is 1. The molecule has 6 nitrogen and oxygen atoms in total. The summed E-state index contributed by atoms with van der Waals surface area (Å²) in [6.45, 7) is 2.75. The molecule has 1 N–H and O–H groups in total. The first-order valence-electron chi connectivity index (χ1n) is 8.89. The van der Waals surface area contributed by atoms with Gasteiger partial charge in [0.05, 0.1) is 6.26 Å². The van der Waals surface area contributed by atoms with E-state index in [1.54, 1.807) is 36.1 Å². The van der Waals surface area contributed by atoms with E-state index in [0.29, 0.717) is 47.0 Å². The second-order valence-corrected chi connectivity index (χ2v) is 10.1. The van der Waals surface area contributed by atoms with Crippen molar-refractivity contribution >= 4 is 49.0 Å². The minimum atomic E-state index is -3.69. The first-order valence-corrected chi connectivity index (χ1v) is 11.6. The van der Waals surface area contributed by atoms with Crippen molar-refractivity contribution in [1.82, 2.24) is 9.62 Å². The van der Waals surface area contributed by atoms with Gasteiger partial charge in [-0.25, -0.2) is 13.1 Å². The Kier molecular flexibility index (Phi) is 5.22. The number of benzene rings is 1. The molecule has 0 aliphatic carbocycles. The lowest BCUT2D eigenvalue weighted by atomic mass is 10.1. The predicted octanol–water partition coefficient (Wildman–Crippen LogP) is 4.04. The summed E-state index contributed by atoms with van der Waals surface area (Å²) in [7, 11) is -3.69. The lowest BCUT2D eigenvalue weighted by Gasteiger charge is -2.31. The standard InChI is InChI=1S/C19H19ClN2O4S2/c1-12-18(15-11-13(20)4-5-17(15)27-12)28(24,25)21-14-6-8-22(9-7-14)19(23)16-3-2-10-26-16/h2-5,10-11,14,21H,6-9H2,1H3. The summed E-state index contributed by atoms with van der Waals surface area (Å²) in [5.41, 5.74) is 0. The number of hydrogen-bond donors (Lipinski definition) is 1. The zero-order chi connectivity index (χ0) is 19.9. The normalized spacial score (nSPS) is 16.0. The van der Waals surface area contributed by atoms with Gasteiger partial charge in [0.15, 0.2) is 5.76 Å². The van der Waals surface area contributed by atoms with Crippen molar-refractivity contribution in [3.63, 3.8) is 0 Å². The van der Waals surface area contributed by atoms with Crippen LogP contribution in [0.1, 0.15) is 28.3 Å². The zero-order valence-electron chi connectivity index (χ0n) is 15.1. The van der Waals surface area contributed by atoms with E-state index in [2.05, 4.69) is 4.72 Å². The van der Waals surface area contributed by atoms with Gasteiger partial charge in [-0.2, -0.15) is 0 Å². The highest BCUT2D eigenvalue weighted by Crippen LogP contribution is 2.36. The van der Waals surface area contributed by atoms with E-state index in [1.165, 1.54) is 17.6 Å². The first kappa shape index (κ1) is 19.4. The summed E-state index contributed by atoms with van der Waals surface area (Å²) in [5.74, 6) is 0.136. The van der Waals surface area contributed by atoms with Crippen LogP contribution in [0.5, 0.6) is 0 Å². The minimum absolute atomic E-state index is 0.166. The Morgan fingerprint density at radius 3 is 2.71 bits per heavy atom. The van der Waals surface area contributed by atoms with Crippen molar-refractivity contribution in [2.75, 3.05) is 13.1 Å². The van der Waals surface area contributed by atoms with E-state index in [4.69, 9.17) is 16.0 Å². The number of piperidine rings is 1. The molecule has 28 heavy (non-hydrogen) atoms. The van der Waals surface area contributed by atoms with Crippen molar-refractivity contribution in [2.24, 2.45) is 0 Å². The summed E-state index contributed by atoms with van der Waals surface area (Å²) >= 11 is 7.51. The maximum atomic E-state index is 13.1. The van der Waals surface area contributed by atoms with Gasteiger partial charge < -0.3 is 9.32 Å². The van der Waals surface area contributed by atoms with Gasteiger partial charge in [0.25, 0.3) is 5.91 Å². The maximum absolute atomic E-state index is 13.1. The van der Waals surface area contributed by atoms with E-state index < -0.39 is 10.0 Å². The number of amides is 1. The summed E-state index contributed by atoms with van der Waals surface area (Å²) < 4.78 is 35.0. The number of nitrogens with one attached hydrogen (secondary N) is 1. The molecule has 0 atom stereocenters. The van der Waals surface area contributed by atoms with Crippen molar-refractivity contribution in [1.29, 1.82) is 0 Å². The minimum Gasteiger partial charge on any atom is -0.459 e. The van der Waals surface area contributed by atoms with E-state index in [9.17, 15) is 13.2 Å². The topological polar surface area (TPSA) is 79.6 Å². The fourth-order valence-corrected chi connectivity index (χ4v) is 6.80. The van der Waals surface area contributed by atoms with Gasteiger partial charge >= 0.3 is 0 Å². The monoisotopic (exact) mass is 438 g/mol. The first-order chi connectivity index (χ1) is 13.3. The number of carbonyl (C=O) groups excluding carboxylic acids is 1. The number of furan rings is 1. The van der Waals surface area contributed by atoms with Crippen LogP contribution in [-0.4, -0.2) is 38.4 Å². The highest BCUT2D eigenvalue weighted by molar-refractivity contribution is 7.90. The second-order valence-electron chi connectivity index (χ2n) is 6.79. The van der Waals surface area contributed by atoms with Gasteiger partial charge in [-0.15, -0.1) is 11.3 Å². The number of sulfonamides is 1. The van der Waals surface area contributed by atoms with Crippen LogP contribution in [0.3, 0.4) is 0 Å². The summed E-state index contributed by atoms with van der Waals surface area (Å²) in [6.07, 6.45) is 2.56. The Morgan fingerprint density at radius 1 is 1.29 bits per heavy atom. The molecular weight excluding hydrogens is 420 g/mol. The fraction of sp³-hybridized carbons (Fsp3) is 0.316. The largest absolute Gasteiger partial charge is 0.459 e. The molecule has 3 aromatic rings. The Labute approximate surface area is 172 Å². The lowest BCUT2D eigenvalue weighted by molar-refractivity contribution is 0.0679. The van der Waals surface area contributed by atoms with Crippen LogP contribution in [0, 0.1) is 6.92 Å². The summed E-state index contributed by atoms with van der Waals surface area (Å²) in [4.78, 5) is 15.1. The molecule has 2 aromatic heterocycles. The van der Waals surface area contributed by atoms with Gasteiger partial charge in [0.2, 0.25) is 10.0 Å². The van der Waals surface area contributed by atoms with Crippen LogP contribution in [0.15, 0.2) is 45.9 Å². The fourth-order valence-electron chi connectivity index (χ4n) is 3.54. The van der Waals surface area contributed by atoms with Crippen LogP contribution in [0.2, 0.25) is 5.02 Å². The average molecular weight is 439 g/mol. The van der Waals surface area contributed by atoms with E-state index in [0.717, 1.165) is 9.58 Å². The SMILES string of the molecule is Cc1sc2ccc(Cl)cc2c1S(=O)(=O)NC1CCN(C(=O)c2ccco2)CC1. The van der Waals surface area contributed by atoms with Gasteiger partial charge in [0.1, 0.15) is 4.90 Å². The molecule has 0 radical (unpaired) electrons. The van der Waals surface area contributed by atoms with Crippen LogP contribution < -0.4 is 4.72 Å². The molecule has 0 bridgehead atoms. The molecule has 9 heteroatoms. The van der Waals surface area contributed by atoms with Gasteiger partial charge in [-0.3, -0.25) is 4.79 Å². The molecule has 4 rings (SSSR count). The third-order valence-corrected chi connectivity index (χ3v) is 8.03. The quantitative estimate of drug-likeness (QED) is 0.666. The van der Waals surface area contributed by atoms with E-state index in [1.807, 2.05) is 6.07 Å². The Morgan fingerprint density at radius 2 is 2.04 bits per heavy atom. The third-order valence-electron chi connectivity index (χ3n) is 4.87. The van der Waals surface area contributed by atoms with E-state index >= 15 is 0 Å². The predicted molar refractivity (Wildman–Crippen MR) is 110 cm³/mol. The number of hydrogen-bond acceptors (Lipinski definition) is 5. The Balaban J connectivity index is 1.49. The molecule has 0 saturated carbocycles. The molecular formula is C19H19ClN2O4S2. The molecule has 0 spiro atoms. The van der Waals surface area contributed by atoms with Crippen molar-refractivity contribution in [2.45, 2.75) is 30.7 Å². The molecule has 1 saturated heterocycles. The van der Waals surface area contributed by atoms with E-state index in [-0.39, 0.29) is 11.9 Å². The van der Waals surface area contributed by atoms with Crippen molar-refractivity contribution in [3.05, 3.63) is 52.3 Å². The molecule has 3 heterocycles. The van der Waals surface area contributed by atoms with Crippen LogP contribution >= 0.6 is 22.9 Å². The average Bonchev–Trinajstić information content (AvgIpc) is 3.28. The maximum Gasteiger partial charge on any atom is 0.289 e. The van der Waals surface area contributed by atoms with Crippen molar-refractivity contribution < 1.29 is 17.6 Å². The molecule has 1 fully saturated rings.